The van der Waals surface area contributed by atoms with Crippen molar-refractivity contribution in [2.24, 2.45) is 0 Å². The molecule has 0 aliphatic carbocycles. The molecule has 0 saturated heterocycles. The summed E-state index contributed by atoms with van der Waals surface area (Å²) in [5, 5.41) is 8.68. The summed E-state index contributed by atoms with van der Waals surface area (Å²) >= 11 is 6.47. The van der Waals surface area contributed by atoms with Gasteiger partial charge in [0.15, 0.2) is 0 Å². The summed E-state index contributed by atoms with van der Waals surface area (Å²) < 4.78 is 2.01. The molecule has 1 unspecified atom stereocenters. The molecule has 1 aromatic carbocycles. The van der Waals surface area contributed by atoms with Crippen molar-refractivity contribution in [2.75, 3.05) is 6.54 Å². The summed E-state index contributed by atoms with van der Waals surface area (Å²) in [4.78, 5) is 0. The van der Waals surface area contributed by atoms with Crippen LogP contribution < -0.4 is 5.32 Å². The molecule has 0 fully saturated rings. The lowest BCUT2D eigenvalue weighted by atomic mass is 10.0. The van der Waals surface area contributed by atoms with Crippen molar-refractivity contribution in [3.05, 3.63) is 52.3 Å². The summed E-state index contributed by atoms with van der Waals surface area (Å²) in [7, 11) is 0. The van der Waals surface area contributed by atoms with Crippen LogP contribution in [-0.4, -0.2) is 16.3 Å². The van der Waals surface area contributed by atoms with Gasteiger partial charge >= 0.3 is 0 Å². The Morgan fingerprint density at radius 2 is 2.11 bits per heavy atom. The lowest BCUT2D eigenvalue weighted by molar-refractivity contribution is 0.542. The van der Waals surface area contributed by atoms with Crippen molar-refractivity contribution >= 4 is 11.6 Å². The van der Waals surface area contributed by atoms with Crippen LogP contribution in [0.3, 0.4) is 0 Å². The van der Waals surface area contributed by atoms with Gasteiger partial charge in [0.1, 0.15) is 0 Å². The van der Waals surface area contributed by atoms with Crippen LogP contribution in [0.5, 0.6) is 0 Å². The normalized spacial score (nSPS) is 12.6. The van der Waals surface area contributed by atoms with E-state index in [-0.39, 0.29) is 6.04 Å². The molecule has 102 valence electrons. The number of hydrogen-bond donors (Lipinski definition) is 1. The molecule has 0 amide bonds. The highest BCUT2D eigenvalue weighted by molar-refractivity contribution is 6.32. The lowest BCUT2D eigenvalue weighted by Crippen LogP contribution is -2.25. The second-order valence-electron chi connectivity index (χ2n) is 4.54. The summed E-state index contributed by atoms with van der Waals surface area (Å²) in [5.74, 6) is 0. The zero-order valence-corrected chi connectivity index (χ0v) is 12.4. The topological polar surface area (TPSA) is 29.9 Å². The van der Waals surface area contributed by atoms with E-state index in [1.165, 1.54) is 0 Å². The highest BCUT2D eigenvalue weighted by atomic mass is 35.5. The van der Waals surface area contributed by atoms with Gasteiger partial charge in [0.25, 0.3) is 0 Å². The van der Waals surface area contributed by atoms with E-state index in [4.69, 9.17) is 11.6 Å². The minimum Gasteiger partial charge on any atom is -0.305 e. The van der Waals surface area contributed by atoms with E-state index in [9.17, 15) is 0 Å². The molecule has 2 aromatic rings. The molecule has 0 spiro atoms. The smallest absolute Gasteiger partial charge is 0.0762 e. The number of aryl methyl sites for hydroxylation is 2. The van der Waals surface area contributed by atoms with Gasteiger partial charge in [-0.05, 0) is 37.6 Å². The molecule has 1 heterocycles. The van der Waals surface area contributed by atoms with Crippen molar-refractivity contribution in [2.45, 2.75) is 33.4 Å². The first-order chi connectivity index (χ1) is 9.19. The Morgan fingerprint density at radius 1 is 1.32 bits per heavy atom. The van der Waals surface area contributed by atoms with E-state index in [0.717, 1.165) is 34.9 Å². The first kappa shape index (κ1) is 14.1. The zero-order chi connectivity index (χ0) is 13.8. The van der Waals surface area contributed by atoms with E-state index < -0.39 is 0 Å². The lowest BCUT2D eigenvalue weighted by Gasteiger charge is -2.21. The third-order valence-corrected chi connectivity index (χ3v) is 3.80. The predicted octanol–water partition coefficient (Wildman–Crippen LogP) is 3.56. The Kier molecular flexibility index (Phi) is 4.61. The molecule has 4 heteroatoms. The number of nitrogens with zero attached hydrogens (tertiary/aromatic N) is 2. The second-order valence-corrected chi connectivity index (χ2v) is 4.92. The molecule has 0 saturated carbocycles. The van der Waals surface area contributed by atoms with Crippen molar-refractivity contribution in [1.82, 2.24) is 15.1 Å². The Hall–Kier alpha value is -1.32. The number of aromatic nitrogens is 2. The molecule has 19 heavy (non-hydrogen) atoms. The maximum atomic E-state index is 6.47. The van der Waals surface area contributed by atoms with Gasteiger partial charge in [-0.15, -0.1) is 0 Å². The average Bonchev–Trinajstić information content (AvgIpc) is 2.88. The highest BCUT2D eigenvalue weighted by Crippen LogP contribution is 2.30. The Labute approximate surface area is 119 Å². The SMILES string of the molecule is CCNC(c1cccc(C)c1Cl)c1ccnn1CC. The van der Waals surface area contributed by atoms with Gasteiger partial charge in [-0.1, -0.05) is 36.7 Å². The predicted molar refractivity (Wildman–Crippen MR) is 79.6 cm³/mol. The largest absolute Gasteiger partial charge is 0.305 e. The highest BCUT2D eigenvalue weighted by Gasteiger charge is 2.20. The van der Waals surface area contributed by atoms with Crippen molar-refractivity contribution < 1.29 is 0 Å². The first-order valence-electron chi connectivity index (χ1n) is 6.69. The van der Waals surface area contributed by atoms with E-state index >= 15 is 0 Å². The standard InChI is InChI=1S/C15H20ClN3/c1-4-17-15(13-9-10-18-19(13)5-2)12-8-6-7-11(3)14(12)16/h6-10,15,17H,4-5H2,1-3H3. The Morgan fingerprint density at radius 3 is 2.79 bits per heavy atom. The molecule has 1 atom stereocenters. The van der Waals surface area contributed by atoms with Gasteiger partial charge in [0.05, 0.1) is 11.7 Å². The monoisotopic (exact) mass is 277 g/mol. The van der Waals surface area contributed by atoms with Gasteiger partial charge in [0, 0.05) is 17.8 Å². The third-order valence-electron chi connectivity index (χ3n) is 3.29. The van der Waals surface area contributed by atoms with Crippen LogP contribution in [0.25, 0.3) is 0 Å². The van der Waals surface area contributed by atoms with Crippen LogP contribution >= 0.6 is 11.6 Å². The molecule has 1 N–H and O–H groups in total. The van der Waals surface area contributed by atoms with Crippen molar-refractivity contribution in [1.29, 1.82) is 0 Å². The fraction of sp³-hybridized carbons (Fsp3) is 0.400. The van der Waals surface area contributed by atoms with Gasteiger partial charge in [-0.25, -0.2) is 0 Å². The molecule has 0 aliphatic rings. The van der Waals surface area contributed by atoms with Gasteiger partial charge in [-0.3, -0.25) is 4.68 Å². The van der Waals surface area contributed by atoms with Gasteiger partial charge in [-0.2, -0.15) is 5.10 Å². The fourth-order valence-electron chi connectivity index (χ4n) is 2.32. The van der Waals surface area contributed by atoms with Crippen LogP contribution in [0, 0.1) is 6.92 Å². The minimum atomic E-state index is 0.0832. The summed E-state index contributed by atoms with van der Waals surface area (Å²) in [6.45, 7) is 7.96. The summed E-state index contributed by atoms with van der Waals surface area (Å²) in [6, 6.07) is 8.30. The maximum absolute atomic E-state index is 6.47. The number of nitrogens with one attached hydrogen (secondary N) is 1. The third kappa shape index (κ3) is 2.82. The number of benzene rings is 1. The molecular weight excluding hydrogens is 258 g/mol. The second kappa shape index (κ2) is 6.22. The molecule has 1 aromatic heterocycles. The van der Waals surface area contributed by atoms with Crippen LogP contribution in [0.2, 0.25) is 5.02 Å². The number of hydrogen-bond acceptors (Lipinski definition) is 2. The Bertz CT molecular complexity index is 548. The molecular formula is C15H20ClN3. The van der Waals surface area contributed by atoms with Crippen LogP contribution in [0.4, 0.5) is 0 Å². The van der Waals surface area contributed by atoms with E-state index in [2.05, 4.69) is 36.4 Å². The summed E-state index contributed by atoms with van der Waals surface area (Å²) in [6.07, 6.45) is 1.84. The zero-order valence-electron chi connectivity index (χ0n) is 11.7. The van der Waals surface area contributed by atoms with Crippen LogP contribution in [0.15, 0.2) is 30.5 Å². The van der Waals surface area contributed by atoms with Crippen molar-refractivity contribution in [3.8, 4) is 0 Å². The van der Waals surface area contributed by atoms with E-state index in [1.54, 1.807) is 0 Å². The quantitative estimate of drug-likeness (QED) is 0.906. The Balaban J connectivity index is 2.48. The summed E-state index contributed by atoms with van der Waals surface area (Å²) in [5.41, 5.74) is 3.36. The fourth-order valence-corrected chi connectivity index (χ4v) is 2.56. The average molecular weight is 278 g/mol. The molecule has 2 rings (SSSR count). The first-order valence-corrected chi connectivity index (χ1v) is 7.06. The van der Waals surface area contributed by atoms with Gasteiger partial charge < -0.3 is 5.32 Å². The van der Waals surface area contributed by atoms with Crippen LogP contribution in [-0.2, 0) is 6.54 Å². The number of halogens is 1. The maximum Gasteiger partial charge on any atom is 0.0762 e. The van der Waals surface area contributed by atoms with Crippen molar-refractivity contribution in [3.63, 3.8) is 0 Å². The van der Waals surface area contributed by atoms with E-state index in [1.807, 2.05) is 29.9 Å². The number of rotatable bonds is 5. The minimum absolute atomic E-state index is 0.0832. The van der Waals surface area contributed by atoms with Gasteiger partial charge in [0.2, 0.25) is 0 Å². The van der Waals surface area contributed by atoms with E-state index in [0.29, 0.717) is 0 Å². The molecule has 0 radical (unpaired) electrons. The molecule has 0 aliphatic heterocycles. The van der Waals surface area contributed by atoms with Crippen LogP contribution in [0.1, 0.15) is 36.7 Å². The molecule has 3 nitrogen and oxygen atoms in total. The molecule has 0 bridgehead atoms.